The summed E-state index contributed by atoms with van der Waals surface area (Å²) >= 11 is 0. The van der Waals surface area contributed by atoms with Gasteiger partial charge < -0.3 is 5.73 Å². The number of hydrogen-bond acceptors (Lipinski definition) is 3. The summed E-state index contributed by atoms with van der Waals surface area (Å²) in [4.78, 5) is 0. The third kappa shape index (κ3) is 1.67. The van der Waals surface area contributed by atoms with Gasteiger partial charge in [0.25, 0.3) is 0 Å². The minimum absolute atomic E-state index is 0.0769. The average Bonchev–Trinajstić information content (AvgIpc) is 2.95. The van der Waals surface area contributed by atoms with Crippen LogP contribution >= 0.6 is 0 Å². The molecule has 1 aromatic rings. The first-order valence-corrected chi connectivity index (χ1v) is 5.94. The van der Waals surface area contributed by atoms with Gasteiger partial charge in [-0.1, -0.05) is 6.42 Å². The lowest BCUT2D eigenvalue weighted by Gasteiger charge is -2.23. The molecule has 0 saturated heterocycles. The fourth-order valence-electron chi connectivity index (χ4n) is 3.50. The third-order valence-electron chi connectivity index (χ3n) is 4.25. The molecule has 3 rings (SSSR count). The molecule has 4 nitrogen and oxygen atoms in total. The zero-order valence-corrected chi connectivity index (χ0v) is 8.89. The largest absolute Gasteiger partial charge is 0.323 e. The van der Waals surface area contributed by atoms with Crippen LogP contribution in [0.25, 0.3) is 0 Å². The number of aromatic amines is 1. The Morgan fingerprint density at radius 2 is 2.40 bits per heavy atom. The predicted molar refractivity (Wildman–Crippen MR) is 56.9 cm³/mol. The topological polar surface area (TPSA) is 67.6 Å². The van der Waals surface area contributed by atoms with Crippen LogP contribution in [0.15, 0.2) is 6.20 Å². The van der Waals surface area contributed by atoms with Gasteiger partial charge in [0.1, 0.15) is 0 Å². The summed E-state index contributed by atoms with van der Waals surface area (Å²) in [5.74, 6) is 2.80. The Labute approximate surface area is 89.6 Å². The molecule has 4 unspecified atom stereocenters. The molecule has 0 spiro atoms. The van der Waals surface area contributed by atoms with E-state index in [1.165, 1.54) is 25.7 Å². The highest BCUT2D eigenvalue weighted by Gasteiger charge is 2.39. The number of fused-ring (bicyclic) bond motifs is 2. The van der Waals surface area contributed by atoms with Crippen LogP contribution in [-0.4, -0.2) is 15.4 Å². The number of nitrogens with one attached hydrogen (secondary N) is 1. The van der Waals surface area contributed by atoms with E-state index < -0.39 is 0 Å². The Morgan fingerprint density at radius 1 is 1.47 bits per heavy atom. The van der Waals surface area contributed by atoms with Crippen LogP contribution in [0.4, 0.5) is 0 Å². The zero-order chi connectivity index (χ0) is 10.3. The number of hydrogen-bond donors (Lipinski definition) is 2. The second-order valence-electron chi connectivity index (χ2n) is 5.17. The van der Waals surface area contributed by atoms with Crippen molar-refractivity contribution in [3.63, 3.8) is 0 Å². The van der Waals surface area contributed by atoms with Crippen molar-refractivity contribution in [1.29, 1.82) is 0 Å². The molecule has 2 saturated carbocycles. The minimum atomic E-state index is 0.0769. The van der Waals surface area contributed by atoms with Crippen LogP contribution in [0.3, 0.4) is 0 Å². The third-order valence-corrected chi connectivity index (χ3v) is 4.25. The number of rotatable bonds is 3. The highest BCUT2D eigenvalue weighted by molar-refractivity contribution is 5.01. The van der Waals surface area contributed by atoms with Crippen molar-refractivity contribution in [1.82, 2.24) is 15.4 Å². The molecule has 2 fully saturated rings. The van der Waals surface area contributed by atoms with E-state index >= 15 is 0 Å². The summed E-state index contributed by atoms with van der Waals surface area (Å²) in [6, 6.07) is 0.0769. The van der Waals surface area contributed by atoms with E-state index in [9.17, 15) is 0 Å². The molecular weight excluding hydrogens is 188 g/mol. The highest BCUT2D eigenvalue weighted by atomic mass is 15.3. The van der Waals surface area contributed by atoms with Crippen LogP contribution < -0.4 is 5.73 Å². The quantitative estimate of drug-likeness (QED) is 0.789. The van der Waals surface area contributed by atoms with Gasteiger partial charge in [-0.05, 0) is 43.4 Å². The minimum Gasteiger partial charge on any atom is -0.323 e. The van der Waals surface area contributed by atoms with Gasteiger partial charge in [0.05, 0.1) is 17.9 Å². The Hall–Kier alpha value is -0.900. The van der Waals surface area contributed by atoms with Crippen molar-refractivity contribution in [2.45, 2.75) is 38.1 Å². The lowest BCUT2D eigenvalue weighted by Crippen LogP contribution is -2.19. The molecule has 0 radical (unpaired) electrons. The summed E-state index contributed by atoms with van der Waals surface area (Å²) in [6.07, 6.45) is 8.58. The van der Waals surface area contributed by atoms with Crippen molar-refractivity contribution >= 4 is 0 Å². The monoisotopic (exact) mass is 206 g/mol. The van der Waals surface area contributed by atoms with Crippen LogP contribution in [-0.2, 0) is 0 Å². The van der Waals surface area contributed by atoms with E-state index in [0.717, 1.165) is 29.9 Å². The van der Waals surface area contributed by atoms with E-state index in [-0.39, 0.29) is 6.04 Å². The van der Waals surface area contributed by atoms with E-state index in [0.29, 0.717) is 0 Å². The second kappa shape index (κ2) is 3.59. The van der Waals surface area contributed by atoms with Crippen molar-refractivity contribution in [3.8, 4) is 0 Å². The Balaban J connectivity index is 1.62. The van der Waals surface area contributed by atoms with Crippen molar-refractivity contribution in [2.75, 3.05) is 0 Å². The number of H-pyrrole nitrogens is 1. The fourth-order valence-corrected chi connectivity index (χ4v) is 3.50. The summed E-state index contributed by atoms with van der Waals surface area (Å²) in [6.45, 7) is 0. The van der Waals surface area contributed by atoms with Gasteiger partial charge in [-0.3, -0.25) is 0 Å². The normalized spacial score (nSPS) is 35.9. The van der Waals surface area contributed by atoms with Gasteiger partial charge in [0.15, 0.2) is 0 Å². The molecule has 1 heterocycles. The Kier molecular flexibility index (Phi) is 2.24. The van der Waals surface area contributed by atoms with Gasteiger partial charge in [-0.2, -0.15) is 15.4 Å². The molecule has 2 bridgehead atoms. The van der Waals surface area contributed by atoms with Gasteiger partial charge >= 0.3 is 0 Å². The van der Waals surface area contributed by atoms with Crippen molar-refractivity contribution in [2.24, 2.45) is 23.5 Å². The van der Waals surface area contributed by atoms with Crippen molar-refractivity contribution in [3.05, 3.63) is 11.9 Å². The molecular formula is C11H18N4. The Morgan fingerprint density at radius 3 is 3.00 bits per heavy atom. The standard InChI is InChI=1S/C11H18N4/c12-10(11-6-13-15-14-11)5-9-4-7-1-2-8(9)3-7/h6-10H,1-5,12H2,(H,13,14,15). The Bertz CT molecular complexity index is 321. The van der Waals surface area contributed by atoms with Gasteiger partial charge in [0.2, 0.25) is 0 Å². The van der Waals surface area contributed by atoms with Crippen molar-refractivity contribution < 1.29 is 0 Å². The lowest BCUT2D eigenvalue weighted by molar-refractivity contribution is 0.294. The second-order valence-corrected chi connectivity index (χ2v) is 5.17. The zero-order valence-electron chi connectivity index (χ0n) is 8.89. The van der Waals surface area contributed by atoms with E-state index in [4.69, 9.17) is 5.73 Å². The molecule has 3 N–H and O–H groups in total. The molecule has 0 aliphatic heterocycles. The van der Waals surface area contributed by atoms with Gasteiger partial charge in [0, 0.05) is 0 Å². The van der Waals surface area contributed by atoms with Crippen LogP contribution in [0.5, 0.6) is 0 Å². The SMILES string of the molecule is NC(CC1CC2CCC1C2)c1cn[nH]n1. The summed E-state index contributed by atoms with van der Waals surface area (Å²) in [5.41, 5.74) is 7.04. The molecule has 2 aliphatic rings. The number of nitrogens with two attached hydrogens (primary N) is 1. The smallest absolute Gasteiger partial charge is 0.0991 e. The summed E-state index contributed by atoms with van der Waals surface area (Å²) in [7, 11) is 0. The first kappa shape index (κ1) is 9.33. The summed E-state index contributed by atoms with van der Waals surface area (Å²) in [5, 5.41) is 10.5. The van der Waals surface area contributed by atoms with Gasteiger partial charge in [-0.15, -0.1) is 0 Å². The maximum atomic E-state index is 6.13. The first-order chi connectivity index (χ1) is 7.33. The van der Waals surface area contributed by atoms with Gasteiger partial charge in [-0.25, -0.2) is 0 Å². The first-order valence-electron chi connectivity index (χ1n) is 5.94. The maximum Gasteiger partial charge on any atom is 0.0991 e. The predicted octanol–water partition coefficient (Wildman–Crippen LogP) is 1.63. The molecule has 4 heteroatoms. The van der Waals surface area contributed by atoms with E-state index in [1.54, 1.807) is 6.20 Å². The molecule has 2 aliphatic carbocycles. The van der Waals surface area contributed by atoms with Crippen LogP contribution in [0, 0.1) is 17.8 Å². The molecule has 0 aromatic carbocycles. The molecule has 4 atom stereocenters. The summed E-state index contributed by atoms with van der Waals surface area (Å²) < 4.78 is 0. The molecule has 1 aromatic heterocycles. The maximum absolute atomic E-state index is 6.13. The molecule has 0 amide bonds. The fraction of sp³-hybridized carbons (Fsp3) is 0.818. The molecule has 15 heavy (non-hydrogen) atoms. The van der Waals surface area contributed by atoms with E-state index in [2.05, 4.69) is 15.4 Å². The highest BCUT2D eigenvalue weighted by Crippen LogP contribution is 2.50. The average molecular weight is 206 g/mol. The van der Waals surface area contributed by atoms with Crippen LogP contribution in [0.2, 0.25) is 0 Å². The number of aromatic nitrogens is 3. The van der Waals surface area contributed by atoms with Crippen LogP contribution in [0.1, 0.15) is 43.8 Å². The number of nitrogens with zero attached hydrogens (tertiary/aromatic N) is 2. The lowest BCUT2D eigenvalue weighted by atomic mass is 9.84. The van der Waals surface area contributed by atoms with E-state index in [1.807, 2.05) is 0 Å². The molecule has 82 valence electrons.